The van der Waals surface area contributed by atoms with Crippen molar-refractivity contribution in [1.29, 1.82) is 0 Å². The van der Waals surface area contributed by atoms with Gasteiger partial charge < -0.3 is 10.5 Å². The lowest BCUT2D eigenvalue weighted by atomic mass is 10.1. The Bertz CT molecular complexity index is 299. The van der Waals surface area contributed by atoms with Crippen LogP contribution in [0.5, 0.6) is 5.75 Å². The second-order valence-electron chi connectivity index (χ2n) is 4.25. The summed E-state index contributed by atoms with van der Waals surface area (Å²) in [4.78, 5) is 4.02. The Hall–Kier alpha value is -1.09. The Morgan fingerprint density at radius 2 is 2.13 bits per heavy atom. The van der Waals surface area contributed by atoms with E-state index in [4.69, 9.17) is 10.5 Å². The molecule has 1 aromatic rings. The summed E-state index contributed by atoms with van der Waals surface area (Å²) in [6.07, 6.45) is 4.76. The molecule has 0 aromatic carbocycles. The van der Waals surface area contributed by atoms with Gasteiger partial charge in [0.15, 0.2) is 0 Å². The first-order valence-corrected chi connectivity index (χ1v) is 5.43. The maximum Gasteiger partial charge on any atom is 0.127 e. The second kappa shape index (κ2) is 5.71. The minimum atomic E-state index is 0.220. The Morgan fingerprint density at radius 3 is 2.73 bits per heavy atom. The van der Waals surface area contributed by atoms with E-state index < -0.39 is 0 Å². The van der Waals surface area contributed by atoms with Crippen molar-refractivity contribution >= 4 is 0 Å². The largest absolute Gasteiger partial charge is 0.490 e. The number of hydrogen-bond donors (Lipinski definition) is 1. The van der Waals surface area contributed by atoms with Crippen LogP contribution in [0, 0.1) is 5.92 Å². The summed E-state index contributed by atoms with van der Waals surface area (Å²) in [5.74, 6) is 1.50. The summed E-state index contributed by atoms with van der Waals surface area (Å²) < 4.78 is 5.83. The van der Waals surface area contributed by atoms with Crippen molar-refractivity contribution in [1.82, 2.24) is 4.98 Å². The summed E-state index contributed by atoms with van der Waals surface area (Å²) in [7, 11) is 0. The molecule has 0 amide bonds. The van der Waals surface area contributed by atoms with Gasteiger partial charge >= 0.3 is 0 Å². The maximum atomic E-state index is 5.83. The fourth-order valence-electron chi connectivity index (χ4n) is 1.61. The van der Waals surface area contributed by atoms with Crippen LogP contribution in [-0.2, 0) is 6.54 Å². The first-order chi connectivity index (χ1) is 7.13. The minimum absolute atomic E-state index is 0.220. The fourth-order valence-corrected chi connectivity index (χ4v) is 1.61. The number of pyridine rings is 1. The molecule has 0 saturated heterocycles. The third kappa shape index (κ3) is 3.88. The molecule has 0 aliphatic carbocycles. The number of rotatable bonds is 5. The number of ether oxygens (including phenoxy) is 1. The Kier molecular flexibility index (Phi) is 4.56. The van der Waals surface area contributed by atoms with E-state index in [1.54, 1.807) is 12.4 Å². The quantitative estimate of drug-likeness (QED) is 0.808. The van der Waals surface area contributed by atoms with Crippen molar-refractivity contribution in [2.45, 2.75) is 39.8 Å². The average Bonchev–Trinajstić information content (AvgIpc) is 2.17. The van der Waals surface area contributed by atoms with Crippen molar-refractivity contribution in [3.63, 3.8) is 0 Å². The smallest absolute Gasteiger partial charge is 0.127 e. The summed E-state index contributed by atoms with van der Waals surface area (Å²) in [5.41, 5.74) is 6.57. The van der Waals surface area contributed by atoms with Gasteiger partial charge in [-0.2, -0.15) is 0 Å². The summed E-state index contributed by atoms with van der Waals surface area (Å²) >= 11 is 0. The number of nitrogens with two attached hydrogens (primary N) is 1. The van der Waals surface area contributed by atoms with Crippen molar-refractivity contribution in [2.24, 2.45) is 11.7 Å². The molecule has 1 heterocycles. The Labute approximate surface area is 91.7 Å². The van der Waals surface area contributed by atoms with Crippen LogP contribution in [0.2, 0.25) is 0 Å². The third-order valence-corrected chi connectivity index (χ3v) is 2.21. The molecule has 0 aliphatic rings. The van der Waals surface area contributed by atoms with Gasteiger partial charge in [-0.05, 0) is 25.3 Å². The summed E-state index contributed by atoms with van der Waals surface area (Å²) in [6, 6.07) is 1.87. The van der Waals surface area contributed by atoms with Gasteiger partial charge in [0.2, 0.25) is 0 Å². The first-order valence-electron chi connectivity index (χ1n) is 5.43. The Balaban J connectivity index is 2.63. The minimum Gasteiger partial charge on any atom is -0.490 e. The SMILES string of the molecule is CC(C)CC(C)Oc1ccncc1CN. The van der Waals surface area contributed by atoms with E-state index in [2.05, 4.69) is 25.8 Å². The zero-order valence-electron chi connectivity index (χ0n) is 9.73. The van der Waals surface area contributed by atoms with E-state index in [1.165, 1.54) is 0 Å². The van der Waals surface area contributed by atoms with Crippen molar-refractivity contribution in [3.05, 3.63) is 24.0 Å². The highest BCUT2D eigenvalue weighted by atomic mass is 16.5. The van der Waals surface area contributed by atoms with Gasteiger partial charge in [-0.1, -0.05) is 13.8 Å². The molecule has 0 aliphatic heterocycles. The van der Waals surface area contributed by atoms with E-state index >= 15 is 0 Å². The summed E-state index contributed by atoms with van der Waals surface area (Å²) in [5, 5.41) is 0. The van der Waals surface area contributed by atoms with Crippen LogP contribution in [0.3, 0.4) is 0 Å². The Morgan fingerprint density at radius 1 is 1.40 bits per heavy atom. The fraction of sp³-hybridized carbons (Fsp3) is 0.583. The monoisotopic (exact) mass is 208 g/mol. The van der Waals surface area contributed by atoms with E-state index in [9.17, 15) is 0 Å². The lowest BCUT2D eigenvalue weighted by Gasteiger charge is -2.18. The topological polar surface area (TPSA) is 48.1 Å². The third-order valence-electron chi connectivity index (χ3n) is 2.21. The molecule has 1 unspecified atom stereocenters. The van der Waals surface area contributed by atoms with Gasteiger partial charge in [-0.15, -0.1) is 0 Å². The molecule has 0 fully saturated rings. The standard InChI is InChI=1S/C12H20N2O/c1-9(2)6-10(3)15-12-4-5-14-8-11(12)7-13/h4-5,8-10H,6-7,13H2,1-3H3. The van der Waals surface area contributed by atoms with Crippen molar-refractivity contribution in [3.8, 4) is 5.75 Å². The predicted molar refractivity (Wildman–Crippen MR) is 61.7 cm³/mol. The highest BCUT2D eigenvalue weighted by molar-refractivity contribution is 5.29. The zero-order valence-corrected chi connectivity index (χ0v) is 9.73. The number of hydrogen-bond acceptors (Lipinski definition) is 3. The highest BCUT2D eigenvalue weighted by Crippen LogP contribution is 2.19. The molecule has 0 spiro atoms. The van der Waals surface area contributed by atoms with Crippen molar-refractivity contribution < 1.29 is 4.74 Å². The van der Waals surface area contributed by atoms with Crippen molar-refractivity contribution in [2.75, 3.05) is 0 Å². The van der Waals surface area contributed by atoms with Gasteiger partial charge in [0.05, 0.1) is 6.10 Å². The van der Waals surface area contributed by atoms with Crippen LogP contribution >= 0.6 is 0 Å². The van der Waals surface area contributed by atoms with Gasteiger partial charge in [0, 0.05) is 24.5 Å². The van der Waals surface area contributed by atoms with Crippen LogP contribution in [0.1, 0.15) is 32.8 Å². The lowest BCUT2D eigenvalue weighted by Crippen LogP contribution is -2.16. The maximum absolute atomic E-state index is 5.83. The number of nitrogens with zero attached hydrogens (tertiary/aromatic N) is 1. The molecule has 1 rings (SSSR count). The molecule has 0 radical (unpaired) electrons. The highest BCUT2D eigenvalue weighted by Gasteiger charge is 2.09. The molecule has 1 atom stereocenters. The molecule has 3 nitrogen and oxygen atoms in total. The van der Waals surface area contributed by atoms with Crippen LogP contribution in [0.15, 0.2) is 18.5 Å². The lowest BCUT2D eigenvalue weighted by molar-refractivity contribution is 0.191. The summed E-state index contributed by atoms with van der Waals surface area (Å²) in [6.45, 7) is 6.94. The van der Waals surface area contributed by atoms with E-state index in [1.807, 2.05) is 6.07 Å². The molecule has 3 heteroatoms. The molecule has 1 aromatic heterocycles. The van der Waals surface area contributed by atoms with Gasteiger partial charge in [0.1, 0.15) is 5.75 Å². The molecular formula is C12H20N2O. The van der Waals surface area contributed by atoms with Crippen LogP contribution < -0.4 is 10.5 Å². The van der Waals surface area contributed by atoms with E-state index in [-0.39, 0.29) is 6.10 Å². The molecule has 0 bridgehead atoms. The predicted octanol–water partition coefficient (Wildman–Crippen LogP) is 2.35. The van der Waals surface area contributed by atoms with Gasteiger partial charge in [0.25, 0.3) is 0 Å². The van der Waals surface area contributed by atoms with E-state index in [0.717, 1.165) is 17.7 Å². The molecule has 15 heavy (non-hydrogen) atoms. The van der Waals surface area contributed by atoms with Crippen LogP contribution in [-0.4, -0.2) is 11.1 Å². The number of aromatic nitrogens is 1. The van der Waals surface area contributed by atoms with E-state index in [0.29, 0.717) is 12.5 Å². The first kappa shape index (κ1) is 12.0. The zero-order chi connectivity index (χ0) is 11.3. The normalized spacial score (nSPS) is 12.9. The van der Waals surface area contributed by atoms with Crippen LogP contribution in [0.4, 0.5) is 0 Å². The molecule has 84 valence electrons. The molecular weight excluding hydrogens is 188 g/mol. The molecule has 2 N–H and O–H groups in total. The second-order valence-corrected chi connectivity index (χ2v) is 4.25. The van der Waals surface area contributed by atoms with Crippen LogP contribution in [0.25, 0.3) is 0 Å². The van der Waals surface area contributed by atoms with Gasteiger partial charge in [-0.3, -0.25) is 4.98 Å². The van der Waals surface area contributed by atoms with Gasteiger partial charge in [-0.25, -0.2) is 0 Å². The average molecular weight is 208 g/mol. The molecule has 0 saturated carbocycles.